The van der Waals surface area contributed by atoms with Gasteiger partial charge in [-0.15, -0.1) is 0 Å². The summed E-state index contributed by atoms with van der Waals surface area (Å²) in [6.07, 6.45) is 2.15. The van der Waals surface area contributed by atoms with Crippen molar-refractivity contribution in [3.8, 4) is 11.3 Å². The number of esters is 1. The van der Waals surface area contributed by atoms with Crippen molar-refractivity contribution >= 4 is 24.0 Å². The molecule has 36 heavy (non-hydrogen) atoms. The van der Waals surface area contributed by atoms with E-state index in [9.17, 15) is 14.4 Å². The summed E-state index contributed by atoms with van der Waals surface area (Å²) in [5.41, 5.74) is 5.25. The van der Waals surface area contributed by atoms with E-state index in [2.05, 4.69) is 15.8 Å². The lowest BCUT2D eigenvalue weighted by Crippen LogP contribution is -2.48. The molecule has 0 spiro atoms. The highest BCUT2D eigenvalue weighted by molar-refractivity contribution is 5.97. The highest BCUT2D eigenvalue weighted by Crippen LogP contribution is 2.22. The van der Waals surface area contributed by atoms with Crippen LogP contribution in [0.4, 0.5) is 0 Å². The summed E-state index contributed by atoms with van der Waals surface area (Å²) in [6.45, 7) is 7.95. The molecule has 1 atom stereocenters. The highest BCUT2D eigenvalue weighted by Gasteiger charge is 2.24. The zero-order chi connectivity index (χ0) is 26.1. The largest absolute Gasteiger partial charge is 0.462 e. The molecule has 0 aliphatic rings. The van der Waals surface area contributed by atoms with Crippen molar-refractivity contribution in [1.82, 2.24) is 10.7 Å². The zero-order valence-corrected chi connectivity index (χ0v) is 20.9. The summed E-state index contributed by atoms with van der Waals surface area (Å²) >= 11 is 0. The number of carbonyl (C=O) groups excluding carboxylic acids is 3. The average molecular weight is 490 g/mol. The molecule has 0 saturated heterocycles. The molecule has 1 unspecified atom stereocenters. The van der Waals surface area contributed by atoms with Crippen molar-refractivity contribution in [3.05, 3.63) is 83.1 Å². The first-order valence-electron chi connectivity index (χ1n) is 11.9. The molecular formula is C28H31N3O5. The Labute approximate surface area is 210 Å². The van der Waals surface area contributed by atoms with Crippen molar-refractivity contribution in [2.24, 2.45) is 11.0 Å². The van der Waals surface area contributed by atoms with Crippen LogP contribution in [0.5, 0.6) is 0 Å². The maximum absolute atomic E-state index is 12.7. The van der Waals surface area contributed by atoms with Crippen LogP contribution in [-0.2, 0) is 9.53 Å². The predicted octanol–water partition coefficient (Wildman–Crippen LogP) is 4.73. The van der Waals surface area contributed by atoms with E-state index in [4.69, 9.17) is 9.15 Å². The number of amides is 2. The summed E-state index contributed by atoms with van der Waals surface area (Å²) in [5, 5.41) is 6.75. The van der Waals surface area contributed by atoms with E-state index in [1.807, 2.05) is 39.8 Å². The van der Waals surface area contributed by atoms with Gasteiger partial charge in [0.25, 0.3) is 11.8 Å². The second-order valence-electron chi connectivity index (χ2n) is 8.71. The predicted molar refractivity (Wildman–Crippen MR) is 138 cm³/mol. The van der Waals surface area contributed by atoms with Crippen LogP contribution in [0.25, 0.3) is 11.3 Å². The molecule has 0 bridgehead atoms. The van der Waals surface area contributed by atoms with E-state index in [-0.39, 0.29) is 17.8 Å². The van der Waals surface area contributed by atoms with Crippen LogP contribution in [0, 0.1) is 12.8 Å². The van der Waals surface area contributed by atoms with Gasteiger partial charge in [-0.25, -0.2) is 10.2 Å². The zero-order valence-electron chi connectivity index (χ0n) is 20.9. The van der Waals surface area contributed by atoms with Crippen LogP contribution in [0.15, 0.2) is 70.2 Å². The monoisotopic (exact) mass is 489 g/mol. The molecule has 0 saturated carbocycles. The number of benzene rings is 2. The number of nitrogens with one attached hydrogen (secondary N) is 2. The van der Waals surface area contributed by atoms with E-state index in [0.29, 0.717) is 29.3 Å². The summed E-state index contributed by atoms with van der Waals surface area (Å²) in [5.74, 6) is -0.247. The molecule has 0 aliphatic heterocycles. The van der Waals surface area contributed by atoms with Crippen LogP contribution in [0.1, 0.15) is 59.2 Å². The van der Waals surface area contributed by atoms with Crippen molar-refractivity contribution < 1.29 is 23.5 Å². The number of ether oxygens (including phenoxy) is 1. The fourth-order valence-corrected chi connectivity index (χ4v) is 3.32. The van der Waals surface area contributed by atoms with E-state index >= 15 is 0 Å². The number of hydrogen-bond acceptors (Lipinski definition) is 6. The molecule has 0 aliphatic carbocycles. The standard InChI is InChI=1S/C28H31N3O5/c1-5-16-35-28(34)22-12-10-20(11-13-22)24-15-14-23(36-24)17-29-31-27(33)25(18(2)3)30-26(32)21-8-6-19(4)7-9-21/h6-15,17-18,25H,5,16H2,1-4H3,(H,30,32)(H,31,33). The van der Waals surface area contributed by atoms with Gasteiger partial charge in [0.15, 0.2) is 0 Å². The first-order chi connectivity index (χ1) is 17.3. The van der Waals surface area contributed by atoms with Crippen LogP contribution in [-0.4, -0.2) is 36.6 Å². The Bertz CT molecular complexity index is 1210. The Balaban J connectivity index is 1.58. The van der Waals surface area contributed by atoms with Gasteiger partial charge in [0.2, 0.25) is 0 Å². The molecule has 2 amide bonds. The molecule has 8 heteroatoms. The Hall–Kier alpha value is -4.20. The minimum absolute atomic E-state index is 0.146. The molecule has 0 radical (unpaired) electrons. The van der Waals surface area contributed by atoms with Gasteiger partial charge in [-0.05, 0) is 55.7 Å². The SMILES string of the molecule is CCCOC(=O)c1ccc(-c2ccc(C=NNC(=O)C(NC(=O)c3ccc(C)cc3)C(C)C)o2)cc1. The number of hydrazone groups is 1. The van der Waals surface area contributed by atoms with Crippen molar-refractivity contribution in [3.63, 3.8) is 0 Å². The third-order valence-corrected chi connectivity index (χ3v) is 5.39. The topological polar surface area (TPSA) is 110 Å². The highest BCUT2D eigenvalue weighted by atomic mass is 16.5. The third-order valence-electron chi connectivity index (χ3n) is 5.39. The van der Waals surface area contributed by atoms with Crippen molar-refractivity contribution in [2.45, 2.75) is 40.2 Å². The van der Waals surface area contributed by atoms with Gasteiger partial charge in [0, 0.05) is 11.1 Å². The summed E-state index contributed by atoms with van der Waals surface area (Å²) < 4.78 is 10.9. The summed E-state index contributed by atoms with van der Waals surface area (Å²) in [7, 11) is 0. The molecule has 8 nitrogen and oxygen atoms in total. The lowest BCUT2D eigenvalue weighted by molar-refractivity contribution is -0.123. The van der Waals surface area contributed by atoms with Gasteiger partial charge >= 0.3 is 5.97 Å². The minimum Gasteiger partial charge on any atom is -0.462 e. The molecule has 1 aromatic heterocycles. The minimum atomic E-state index is -0.759. The van der Waals surface area contributed by atoms with Gasteiger partial charge in [0.05, 0.1) is 18.4 Å². The number of nitrogens with zero attached hydrogens (tertiary/aromatic N) is 1. The van der Waals surface area contributed by atoms with Gasteiger partial charge in [-0.2, -0.15) is 5.10 Å². The molecule has 3 aromatic rings. The van der Waals surface area contributed by atoms with Crippen LogP contribution in [0.3, 0.4) is 0 Å². The maximum Gasteiger partial charge on any atom is 0.338 e. The van der Waals surface area contributed by atoms with Gasteiger partial charge < -0.3 is 14.5 Å². The van der Waals surface area contributed by atoms with Gasteiger partial charge in [-0.1, -0.05) is 50.6 Å². The van der Waals surface area contributed by atoms with E-state index in [1.165, 1.54) is 6.21 Å². The first-order valence-corrected chi connectivity index (χ1v) is 11.9. The first kappa shape index (κ1) is 26.4. The van der Waals surface area contributed by atoms with Gasteiger partial charge in [0.1, 0.15) is 17.6 Å². The number of hydrogen-bond donors (Lipinski definition) is 2. The normalized spacial score (nSPS) is 11.9. The molecule has 2 N–H and O–H groups in total. The maximum atomic E-state index is 12.7. The van der Waals surface area contributed by atoms with Crippen LogP contribution < -0.4 is 10.7 Å². The Morgan fingerprint density at radius 1 is 0.972 bits per heavy atom. The lowest BCUT2D eigenvalue weighted by atomic mass is 10.0. The Morgan fingerprint density at radius 2 is 1.64 bits per heavy atom. The number of furan rings is 1. The molecule has 188 valence electrons. The smallest absolute Gasteiger partial charge is 0.338 e. The molecule has 2 aromatic carbocycles. The molecule has 1 heterocycles. The van der Waals surface area contributed by atoms with Crippen LogP contribution >= 0.6 is 0 Å². The Morgan fingerprint density at radius 3 is 2.28 bits per heavy atom. The molecule has 0 fully saturated rings. The lowest BCUT2D eigenvalue weighted by Gasteiger charge is -2.20. The number of carbonyl (C=O) groups is 3. The quantitative estimate of drug-likeness (QED) is 0.243. The number of aryl methyl sites for hydroxylation is 1. The number of rotatable bonds is 10. The second-order valence-corrected chi connectivity index (χ2v) is 8.71. The molecular weight excluding hydrogens is 458 g/mol. The van der Waals surface area contributed by atoms with Gasteiger partial charge in [-0.3, -0.25) is 9.59 Å². The average Bonchev–Trinajstić information content (AvgIpc) is 3.34. The van der Waals surface area contributed by atoms with E-state index in [0.717, 1.165) is 17.5 Å². The molecule has 3 rings (SSSR count). The van der Waals surface area contributed by atoms with E-state index in [1.54, 1.807) is 48.5 Å². The summed E-state index contributed by atoms with van der Waals surface area (Å²) in [6, 6.07) is 16.8. The fraction of sp³-hybridized carbons (Fsp3) is 0.286. The van der Waals surface area contributed by atoms with Crippen molar-refractivity contribution in [2.75, 3.05) is 6.61 Å². The fourth-order valence-electron chi connectivity index (χ4n) is 3.32. The van der Waals surface area contributed by atoms with Crippen molar-refractivity contribution in [1.29, 1.82) is 0 Å². The third kappa shape index (κ3) is 7.15. The van der Waals surface area contributed by atoms with E-state index < -0.39 is 11.9 Å². The Kier molecular flexibility index (Phi) is 9.16. The second kappa shape index (κ2) is 12.5. The summed E-state index contributed by atoms with van der Waals surface area (Å²) in [4.78, 5) is 37.2. The van der Waals surface area contributed by atoms with Crippen LogP contribution in [0.2, 0.25) is 0 Å².